The highest BCUT2D eigenvalue weighted by Gasteiger charge is 2.52. The van der Waals surface area contributed by atoms with Gasteiger partial charge in [0.2, 0.25) is 18.7 Å². The number of aromatic amines is 1. The van der Waals surface area contributed by atoms with Crippen LogP contribution in [-0.4, -0.2) is 108 Å². The molecule has 2 aliphatic rings. The summed E-state index contributed by atoms with van der Waals surface area (Å²) in [6, 6.07) is 17.0. The van der Waals surface area contributed by atoms with E-state index >= 15 is 0 Å². The van der Waals surface area contributed by atoms with Crippen LogP contribution in [0, 0.1) is 19.8 Å². The molecule has 8 unspecified atom stereocenters. The molecule has 8 rings (SSSR count). The zero-order chi connectivity index (χ0) is 45.2. The summed E-state index contributed by atoms with van der Waals surface area (Å²) < 4.78 is 25.0. The second kappa shape index (κ2) is 18.9. The van der Waals surface area contributed by atoms with Crippen molar-refractivity contribution < 1.29 is 63.7 Å². The van der Waals surface area contributed by atoms with Crippen molar-refractivity contribution in [2.24, 2.45) is 5.92 Å². The lowest BCUT2D eigenvalue weighted by molar-refractivity contribution is -0.318. The van der Waals surface area contributed by atoms with Gasteiger partial charge in [-0.1, -0.05) is 48.6 Å². The molecule has 1 saturated carbocycles. The number of phenolic OH excluding ortho intramolecular Hbond substituents is 1. The first kappa shape index (κ1) is 44.4. The van der Waals surface area contributed by atoms with Crippen LogP contribution in [0.4, 0.5) is 0 Å². The molecule has 0 spiro atoms. The number of nitrogens with zero attached hydrogens (tertiary/aromatic N) is 1. The van der Waals surface area contributed by atoms with Crippen molar-refractivity contribution in [2.45, 2.75) is 101 Å². The predicted molar refractivity (Wildman–Crippen MR) is 231 cm³/mol. The molecule has 64 heavy (non-hydrogen) atoms. The normalized spacial score (nSPS) is 21.9. The van der Waals surface area contributed by atoms with E-state index in [4.69, 9.17) is 23.5 Å². The molecule has 338 valence electrons. The lowest BCUT2D eigenvalue weighted by Gasteiger charge is -2.43. The number of carboxylic acid groups (broad SMARTS) is 1. The smallest absolute Gasteiger partial charge is 0.324 e. The molecule has 0 amide bonds. The average Bonchev–Trinajstić information content (AvgIpc) is 3.85. The van der Waals surface area contributed by atoms with Gasteiger partial charge in [-0.3, -0.25) is 14.4 Å². The lowest BCUT2D eigenvalue weighted by Crippen LogP contribution is -2.65. The zero-order valence-electron chi connectivity index (χ0n) is 35.1. The number of aromatic hydroxyl groups is 1. The Balaban J connectivity index is 1.11. The van der Waals surface area contributed by atoms with Crippen LogP contribution in [0.15, 0.2) is 94.6 Å². The highest BCUT2D eigenvalue weighted by atomic mass is 16.8. The van der Waals surface area contributed by atoms with Gasteiger partial charge in [0, 0.05) is 41.9 Å². The number of aromatic nitrogens is 2. The number of aryl methyl sites for hydroxylation is 2. The van der Waals surface area contributed by atoms with E-state index in [9.17, 15) is 45.0 Å². The van der Waals surface area contributed by atoms with Crippen LogP contribution in [0.1, 0.15) is 49.7 Å². The second-order valence-corrected chi connectivity index (χ2v) is 16.6. The topological polar surface area (TPSA) is 255 Å². The summed E-state index contributed by atoms with van der Waals surface area (Å²) in [5, 5.41) is 68.7. The number of aliphatic carboxylic acids is 1. The summed E-state index contributed by atoms with van der Waals surface area (Å²) in [6.45, 7) is 3.47. The fourth-order valence-corrected chi connectivity index (χ4v) is 8.81. The van der Waals surface area contributed by atoms with Crippen LogP contribution in [-0.2, 0) is 19.1 Å². The van der Waals surface area contributed by atoms with Crippen LogP contribution in [0.3, 0.4) is 0 Å². The number of H-pyrrole nitrogens is 1. The highest BCUT2D eigenvalue weighted by molar-refractivity contribution is 5.95. The van der Waals surface area contributed by atoms with Crippen molar-refractivity contribution in [1.29, 1.82) is 0 Å². The van der Waals surface area contributed by atoms with Crippen molar-refractivity contribution >= 4 is 33.8 Å². The summed E-state index contributed by atoms with van der Waals surface area (Å²) in [5.74, 6) is -4.70. The van der Waals surface area contributed by atoms with Gasteiger partial charge in [-0.05, 0) is 81.1 Å². The number of benzene rings is 3. The van der Waals surface area contributed by atoms with Gasteiger partial charge in [0.25, 0.3) is 0 Å². The number of nitrogens with one attached hydrogen (secondary N) is 2. The molecule has 4 heterocycles. The van der Waals surface area contributed by atoms with Gasteiger partial charge in [-0.15, -0.1) is 0 Å². The molecule has 1 saturated heterocycles. The van der Waals surface area contributed by atoms with Crippen molar-refractivity contribution in [3.05, 3.63) is 107 Å². The van der Waals surface area contributed by atoms with Crippen LogP contribution in [0.2, 0.25) is 0 Å². The minimum atomic E-state index is -2.33. The maximum Gasteiger partial charge on any atom is 0.324 e. The van der Waals surface area contributed by atoms with Gasteiger partial charge in [0.1, 0.15) is 41.2 Å². The molecular weight excluding hydrogens is 831 g/mol. The molecule has 0 bridgehead atoms. The molecule has 17 heteroatoms. The number of carbonyl (C=O) groups is 2. The van der Waals surface area contributed by atoms with E-state index in [1.54, 1.807) is 24.5 Å². The fraction of sp³-hybridized carbons (Fsp3) is 0.383. The third-order valence-corrected chi connectivity index (χ3v) is 11.9. The summed E-state index contributed by atoms with van der Waals surface area (Å²) in [6.07, 6.45) is -2.41. The Bertz CT molecular complexity index is 2650. The van der Waals surface area contributed by atoms with Gasteiger partial charge < -0.3 is 64.4 Å². The van der Waals surface area contributed by atoms with Gasteiger partial charge in [-0.25, -0.2) is 0 Å². The first-order chi connectivity index (χ1) is 30.8. The summed E-state index contributed by atoms with van der Waals surface area (Å²) in [5.41, 5.74) is 4.49. The van der Waals surface area contributed by atoms with Crippen LogP contribution in [0.5, 0.6) is 11.5 Å². The van der Waals surface area contributed by atoms with Crippen LogP contribution < -0.4 is 20.3 Å². The fourth-order valence-electron chi connectivity index (χ4n) is 8.81. The number of ether oxygens (including phenoxy) is 3. The summed E-state index contributed by atoms with van der Waals surface area (Å²) in [4.78, 5) is 49.5. The molecule has 8 N–H and O–H groups in total. The quantitative estimate of drug-likeness (QED) is 0.0407. The van der Waals surface area contributed by atoms with Crippen LogP contribution >= 0.6 is 0 Å². The molecule has 17 nitrogen and oxygen atoms in total. The van der Waals surface area contributed by atoms with Crippen molar-refractivity contribution in [3.63, 3.8) is 0 Å². The Kier molecular flexibility index (Phi) is 13.1. The Morgan fingerprint density at radius 1 is 0.953 bits per heavy atom. The molecule has 3 aromatic carbocycles. The van der Waals surface area contributed by atoms with Gasteiger partial charge in [-0.2, -0.15) is 4.73 Å². The molecule has 3 aromatic heterocycles. The Labute approximate surface area is 366 Å². The zero-order valence-corrected chi connectivity index (χ0v) is 35.1. The number of carboxylic acids is 1. The first-order valence-electron chi connectivity index (χ1n) is 21.3. The number of hydrogen-bond acceptors (Lipinski definition) is 14. The number of rotatable bonds is 15. The van der Waals surface area contributed by atoms with E-state index in [1.807, 2.05) is 38.1 Å². The van der Waals surface area contributed by atoms with E-state index in [2.05, 4.69) is 10.3 Å². The lowest BCUT2D eigenvalue weighted by atomic mass is 9.91. The van der Waals surface area contributed by atoms with Gasteiger partial charge in [0.15, 0.2) is 17.5 Å². The van der Waals surface area contributed by atoms with Crippen LogP contribution in [0.25, 0.3) is 44.3 Å². The Hall–Kier alpha value is -6.21. The number of fused-ring (bicyclic) bond motifs is 2. The SMILES string of the molecule is Cc1cc(C)cc(-c2c3[nH]ccc3cn2OC2C(Oc3ccc4c(=O)c(-c5ccc(O)cc5)coc4c3)OC(C(O)OC(=O)C(C(=O)O)C(CCO)NC3CCCCC3)C(O)C2O)c1. The molecule has 1 aliphatic carbocycles. The van der Waals surface area contributed by atoms with Gasteiger partial charge in [0.05, 0.1) is 22.7 Å². The number of carbonyl (C=O) groups excluding carboxylic acids is 1. The maximum absolute atomic E-state index is 13.6. The molecule has 6 aromatic rings. The number of hydrogen-bond donors (Lipinski definition) is 8. The standard InChI is InChI=1S/C47H51N3O14/c1-24-18-25(2)20-28(19-24)38-37-27(14-16-48-37)22-50(38)64-43-41(55)40(54)42(46(59)63-45(58)36(44(56)57)34(15-17-51)49-29-6-4-3-5-7-29)62-47(43)61-31-12-13-32-35(21-31)60-23-33(39(32)53)26-8-10-30(52)11-9-26/h8-14,16,18-23,29,34,36,40-43,46-49,51-52,54-55,59H,3-7,15,17H2,1-2H3,(H,56,57). The van der Waals surface area contributed by atoms with E-state index in [1.165, 1.54) is 41.3 Å². The third-order valence-electron chi connectivity index (χ3n) is 11.9. The number of aliphatic hydroxyl groups is 4. The van der Waals surface area contributed by atoms with Crippen molar-refractivity contribution in [3.8, 4) is 33.9 Å². The highest BCUT2D eigenvalue weighted by Crippen LogP contribution is 2.34. The maximum atomic E-state index is 13.6. The summed E-state index contributed by atoms with van der Waals surface area (Å²) in [7, 11) is 0. The van der Waals surface area contributed by atoms with E-state index in [0.717, 1.165) is 54.2 Å². The van der Waals surface area contributed by atoms with E-state index in [0.29, 0.717) is 16.8 Å². The first-order valence-corrected chi connectivity index (χ1v) is 21.3. The average molecular weight is 882 g/mol. The minimum absolute atomic E-state index is 0.0302. The number of esters is 1. The molecule has 1 aliphatic heterocycles. The molecule has 0 radical (unpaired) electrons. The Morgan fingerprint density at radius 3 is 2.39 bits per heavy atom. The van der Waals surface area contributed by atoms with Gasteiger partial charge >= 0.3 is 11.9 Å². The largest absolute Gasteiger partial charge is 0.508 e. The molecule has 8 atom stereocenters. The summed E-state index contributed by atoms with van der Waals surface area (Å²) >= 11 is 0. The van der Waals surface area contributed by atoms with Crippen molar-refractivity contribution in [2.75, 3.05) is 6.61 Å². The van der Waals surface area contributed by atoms with E-state index < -0.39 is 67.5 Å². The predicted octanol–water partition coefficient (Wildman–Crippen LogP) is 4.29. The Morgan fingerprint density at radius 2 is 1.69 bits per heavy atom. The third kappa shape index (κ3) is 9.22. The monoisotopic (exact) mass is 881 g/mol. The van der Waals surface area contributed by atoms with E-state index in [-0.39, 0.29) is 45.9 Å². The number of aliphatic hydroxyl groups excluding tert-OH is 4. The molecular formula is C47H51N3O14. The second-order valence-electron chi connectivity index (χ2n) is 16.6. The molecule has 2 fully saturated rings. The number of phenols is 1. The van der Waals surface area contributed by atoms with Crippen molar-refractivity contribution in [1.82, 2.24) is 15.0 Å². The minimum Gasteiger partial charge on any atom is -0.508 e.